The number of anilines is 3. The molecule has 5 aromatic carbocycles. The van der Waals surface area contributed by atoms with Crippen LogP contribution < -0.4 is 14.5 Å². The van der Waals surface area contributed by atoms with Gasteiger partial charge in [0, 0.05) is 72.5 Å². The van der Waals surface area contributed by atoms with Gasteiger partial charge in [-0.15, -0.1) is 41.4 Å². The van der Waals surface area contributed by atoms with Crippen LogP contribution >= 0.6 is 0 Å². The van der Waals surface area contributed by atoms with E-state index in [1.807, 2.05) is 48.7 Å². The van der Waals surface area contributed by atoms with Crippen molar-refractivity contribution in [3.63, 3.8) is 0 Å². The number of fused-ring (bicyclic) bond motifs is 7. The van der Waals surface area contributed by atoms with Gasteiger partial charge in [-0.1, -0.05) is 62.7 Å². The summed E-state index contributed by atoms with van der Waals surface area (Å²) in [6.07, 6.45) is 1.89. The van der Waals surface area contributed by atoms with Crippen molar-refractivity contribution in [1.82, 2.24) is 9.55 Å². The number of para-hydroxylation sites is 2. The van der Waals surface area contributed by atoms with Crippen LogP contribution in [-0.2, 0) is 26.5 Å². The van der Waals surface area contributed by atoms with Gasteiger partial charge in [-0.3, -0.25) is 0 Å². The van der Waals surface area contributed by atoms with Gasteiger partial charge in [0.2, 0.25) is 0 Å². The van der Waals surface area contributed by atoms with E-state index in [1.54, 1.807) is 0 Å². The minimum Gasteiger partial charge on any atom is -0.509 e. The van der Waals surface area contributed by atoms with Gasteiger partial charge in [0.25, 0.3) is 0 Å². The topological polar surface area (TPSA) is 46.7 Å². The van der Waals surface area contributed by atoms with E-state index in [9.17, 15) is 0 Å². The Labute approximate surface area is 293 Å². The molecule has 7 heteroatoms. The third kappa shape index (κ3) is 4.86. The minimum absolute atomic E-state index is 0. The van der Waals surface area contributed by atoms with Crippen molar-refractivity contribution >= 4 is 60.8 Å². The van der Waals surface area contributed by atoms with Crippen molar-refractivity contribution in [1.29, 1.82) is 0 Å². The summed E-state index contributed by atoms with van der Waals surface area (Å²) < 4.78 is 14.9. The number of pyridine rings is 1. The summed E-state index contributed by atoms with van der Waals surface area (Å²) in [4.78, 5) is 9.04. The van der Waals surface area contributed by atoms with Crippen LogP contribution in [0.1, 0.15) is 26.3 Å². The molecule has 0 atom stereocenters. The Bertz CT molecular complexity index is 2510. The largest absolute Gasteiger partial charge is 0.509 e. The Morgan fingerprint density at radius 2 is 1.52 bits per heavy atom. The SMILES string of the molecule is CN1[CH-]N(c2[c-]c(Oc3[c-]c4c(cc3)c3ccccc3n4-c3cc(C(C)(C)C)ccn3)ccc2)c2cc3oc4ccccc4c3cc21.[Pt]. The molecule has 0 saturated heterocycles. The van der Waals surface area contributed by atoms with E-state index in [0.717, 1.165) is 66.6 Å². The number of hydrogen-bond acceptors (Lipinski definition) is 5. The molecule has 240 valence electrons. The summed E-state index contributed by atoms with van der Waals surface area (Å²) in [5.74, 6) is 2.06. The standard InChI is InChI=1S/C41H31N4O2.Pt/c1-41(2,3)26-18-19-42-40(20-26)45-34-14-7-5-12-30(34)31-17-16-29(22-35(31)45)46-28-11-9-10-27(21-28)44-25-43(4)36-23-33-32-13-6-8-15-38(32)47-39(33)24-37(36)44;/h5-20,23-25H,1-4H3;/q-3;. The number of hydrogen-bond donors (Lipinski definition) is 0. The maximum atomic E-state index is 6.46. The zero-order chi connectivity index (χ0) is 31.9. The second kappa shape index (κ2) is 11.3. The van der Waals surface area contributed by atoms with Crippen LogP contribution in [0.4, 0.5) is 17.1 Å². The molecule has 3 aromatic heterocycles. The first kappa shape index (κ1) is 30.3. The fourth-order valence-corrected chi connectivity index (χ4v) is 6.65. The molecular weight excluding hydrogens is 776 g/mol. The fraction of sp³-hybridized carbons (Fsp3) is 0.122. The Hall–Kier alpha value is -5.06. The molecule has 0 amide bonds. The molecule has 0 bridgehead atoms. The van der Waals surface area contributed by atoms with Gasteiger partial charge in [0.05, 0.1) is 0 Å². The Balaban J connectivity index is 0.00000336. The minimum atomic E-state index is -0.00452. The van der Waals surface area contributed by atoms with Crippen molar-refractivity contribution in [2.45, 2.75) is 26.2 Å². The van der Waals surface area contributed by atoms with Gasteiger partial charge < -0.3 is 23.5 Å². The molecule has 0 saturated carbocycles. The molecule has 0 radical (unpaired) electrons. The van der Waals surface area contributed by atoms with Crippen molar-refractivity contribution in [2.24, 2.45) is 0 Å². The fourth-order valence-electron chi connectivity index (χ4n) is 6.65. The molecule has 1 aliphatic heterocycles. The van der Waals surface area contributed by atoms with Crippen LogP contribution in [0.2, 0.25) is 0 Å². The first-order valence-electron chi connectivity index (χ1n) is 15.8. The third-order valence-electron chi connectivity index (χ3n) is 9.03. The maximum Gasteiger partial charge on any atom is 0.137 e. The summed E-state index contributed by atoms with van der Waals surface area (Å²) >= 11 is 0. The van der Waals surface area contributed by atoms with Gasteiger partial charge in [-0.2, -0.15) is 18.8 Å². The van der Waals surface area contributed by atoms with Gasteiger partial charge in [-0.05, 0) is 53.7 Å². The Morgan fingerprint density at radius 3 is 2.38 bits per heavy atom. The van der Waals surface area contributed by atoms with Crippen LogP contribution in [0.3, 0.4) is 0 Å². The predicted molar refractivity (Wildman–Crippen MR) is 190 cm³/mol. The van der Waals surface area contributed by atoms with Crippen molar-refractivity contribution in [3.05, 3.63) is 134 Å². The molecule has 6 nitrogen and oxygen atoms in total. The van der Waals surface area contributed by atoms with E-state index < -0.39 is 0 Å². The first-order valence-corrected chi connectivity index (χ1v) is 15.8. The van der Waals surface area contributed by atoms with Gasteiger partial charge in [-0.25, -0.2) is 4.98 Å². The van der Waals surface area contributed by atoms with Gasteiger partial charge >= 0.3 is 0 Å². The quantitative estimate of drug-likeness (QED) is 0.166. The summed E-state index contributed by atoms with van der Waals surface area (Å²) in [5, 5.41) is 4.46. The van der Waals surface area contributed by atoms with E-state index in [-0.39, 0.29) is 26.5 Å². The van der Waals surface area contributed by atoms with Crippen LogP contribution in [0.5, 0.6) is 11.5 Å². The molecule has 9 rings (SSSR count). The molecule has 4 heterocycles. The van der Waals surface area contributed by atoms with E-state index in [0.29, 0.717) is 11.5 Å². The number of rotatable bonds is 4. The molecule has 0 unspecified atom stereocenters. The molecular formula is C41H31N4O2Pt-3. The number of furan rings is 1. The summed E-state index contributed by atoms with van der Waals surface area (Å²) in [5.41, 5.74) is 7.93. The average Bonchev–Trinajstić information content (AvgIpc) is 3.72. The van der Waals surface area contributed by atoms with Gasteiger partial charge in [0.15, 0.2) is 0 Å². The smallest absolute Gasteiger partial charge is 0.137 e. The molecule has 48 heavy (non-hydrogen) atoms. The summed E-state index contributed by atoms with van der Waals surface area (Å²) in [7, 11) is 2.06. The molecule has 1 aliphatic rings. The molecule has 0 aliphatic carbocycles. The van der Waals surface area contributed by atoms with Crippen molar-refractivity contribution in [3.8, 4) is 17.3 Å². The number of nitrogens with zero attached hydrogens (tertiary/aromatic N) is 4. The number of benzene rings is 5. The average molecular weight is 807 g/mol. The Kier molecular flexibility index (Phi) is 7.12. The third-order valence-corrected chi connectivity index (χ3v) is 9.03. The summed E-state index contributed by atoms with van der Waals surface area (Å²) in [6, 6.07) is 42.2. The van der Waals surface area contributed by atoms with Crippen LogP contribution in [0.15, 0.2) is 114 Å². The number of ether oxygens (including phenoxy) is 1. The molecule has 8 aromatic rings. The van der Waals surface area contributed by atoms with Crippen LogP contribution in [-0.4, -0.2) is 16.6 Å². The predicted octanol–water partition coefficient (Wildman–Crippen LogP) is 10.5. The zero-order valence-electron chi connectivity index (χ0n) is 26.9. The molecule has 0 spiro atoms. The van der Waals surface area contributed by atoms with Crippen molar-refractivity contribution in [2.75, 3.05) is 16.8 Å². The van der Waals surface area contributed by atoms with Crippen LogP contribution in [0.25, 0.3) is 49.6 Å². The summed E-state index contributed by atoms with van der Waals surface area (Å²) in [6.45, 7) is 8.72. The monoisotopic (exact) mass is 806 g/mol. The first-order chi connectivity index (χ1) is 22.8. The van der Waals surface area contributed by atoms with Gasteiger partial charge in [0.1, 0.15) is 17.0 Å². The molecule has 0 fully saturated rings. The number of aromatic nitrogens is 2. The van der Waals surface area contributed by atoms with E-state index in [2.05, 4.69) is 122 Å². The van der Waals surface area contributed by atoms with E-state index >= 15 is 0 Å². The Morgan fingerprint density at radius 1 is 0.729 bits per heavy atom. The van der Waals surface area contributed by atoms with E-state index in [1.165, 1.54) is 5.56 Å². The van der Waals surface area contributed by atoms with E-state index in [4.69, 9.17) is 14.1 Å². The van der Waals surface area contributed by atoms with Crippen molar-refractivity contribution < 1.29 is 30.2 Å². The second-order valence-corrected chi connectivity index (χ2v) is 13.1. The van der Waals surface area contributed by atoms with Crippen LogP contribution in [0, 0.1) is 18.8 Å². The molecule has 0 N–H and O–H groups in total. The normalized spacial score (nSPS) is 13.1. The zero-order valence-corrected chi connectivity index (χ0v) is 29.2. The second-order valence-electron chi connectivity index (χ2n) is 13.1. The maximum absolute atomic E-state index is 6.46.